The number of nitrogens with zero attached hydrogens (tertiary/aromatic N) is 1. The molecule has 1 atom stereocenters. The van der Waals surface area contributed by atoms with Crippen LogP contribution in [-0.4, -0.2) is 36.4 Å². The predicted octanol–water partition coefficient (Wildman–Crippen LogP) is 2.67. The second-order valence-corrected chi connectivity index (χ2v) is 9.52. The van der Waals surface area contributed by atoms with Gasteiger partial charge in [0.25, 0.3) is 5.91 Å². The number of rotatable bonds is 4. The normalized spacial score (nSPS) is 19.3. The third kappa shape index (κ3) is 3.34. The number of carbonyl (C=O) groups excluding carboxylic acids is 1. The van der Waals surface area contributed by atoms with Crippen molar-refractivity contribution >= 4 is 37.3 Å². The number of thiophene rings is 1. The lowest BCUT2D eigenvalue weighted by atomic mass is 10.2. The van der Waals surface area contributed by atoms with Crippen molar-refractivity contribution in [3.8, 4) is 0 Å². The van der Waals surface area contributed by atoms with Crippen molar-refractivity contribution < 1.29 is 13.2 Å². The van der Waals surface area contributed by atoms with E-state index in [2.05, 4.69) is 5.32 Å². The average molecular weight is 374 g/mol. The predicted molar refractivity (Wildman–Crippen MR) is 99.9 cm³/mol. The number of sulfone groups is 1. The van der Waals surface area contributed by atoms with Gasteiger partial charge in [0.05, 0.1) is 21.7 Å². The molecule has 0 saturated carbocycles. The average Bonchev–Trinajstić information content (AvgIpc) is 3.25. The number of hydrogen-bond donors (Lipinski definition) is 1. The molecule has 3 heterocycles. The van der Waals surface area contributed by atoms with E-state index in [1.54, 1.807) is 11.3 Å². The van der Waals surface area contributed by atoms with Gasteiger partial charge >= 0.3 is 0 Å². The first-order valence-electron chi connectivity index (χ1n) is 8.14. The number of aromatic nitrogens is 1. The van der Waals surface area contributed by atoms with Gasteiger partial charge in [0.2, 0.25) is 0 Å². The van der Waals surface area contributed by atoms with Crippen molar-refractivity contribution in [1.29, 1.82) is 0 Å². The first-order valence-corrected chi connectivity index (χ1v) is 10.8. The van der Waals surface area contributed by atoms with Crippen LogP contribution in [-0.2, 0) is 16.4 Å². The molecule has 1 N–H and O–H groups in total. The van der Waals surface area contributed by atoms with Gasteiger partial charge in [-0.25, -0.2) is 8.42 Å². The minimum Gasteiger partial charge on any atom is -0.347 e. The number of fused-ring (bicyclic) bond motifs is 1. The van der Waals surface area contributed by atoms with Gasteiger partial charge in [-0.2, -0.15) is 0 Å². The Balaban J connectivity index is 1.63. The Morgan fingerprint density at radius 2 is 2.04 bits per heavy atom. The van der Waals surface area contributed by atoms with Gasteiger partial charge in [0, 0.05) is 12.6 Å². The van der Waals surface area contributed by atoms with E-state index >= 15 is 0 Å². The molecule has 1 saturated heterocycles. The monoisotopic (exact) mass is 374 g/mol. The largest absolute Gasteiger partial charge is 0.347 e. The molecule has 0 bridgehead atoms. The summed E-state index contributed by atoms with van der Waals surface area (Å²) in [6.45, 7) is 0.604. The van der Waals surface area contributed by atoms with Crippen LogP contribution in [0.5, 0.6) is 0 Å². The first kappa shape index (κ1) is 16.4. The Bertz CT molecular complexity index is 1020. The van der Waals surface area contributed by atoms with Crippen LogP contribution >= 0.6 is 11.3 Å². The minimum absolute atomic E-state index is 0.0342. The molecule has 7 heteroatoms. The summed E-state index contributed by atoms with van der Waals surface area (Å²) in [4.78, 5) is 12.8. The zero-order valence-corrected chi connectivity index (χ0v) is 15.1. The van der Waals surface area contributed by atoms with E-state index in [1.807, 2.05) is 52.4 Å². The van der Waals surface area contributed by atoms with Crippen LogP contribution in [0.25, 0.3) is 10.2 Å². The fourth-order valence-electron chi connectivity index (χ4n) is 3.27. The van der Waals surface area contributed by atoms with E-state index in [1.165, 1.54) is 0 Å². The lowest BCUT2D eigenvalue weighted by molar-refractivity contribution is 0.0932. The molecular weight excluding hydrogens is 356 g/mol. The molecule has 1 aromatic carbocycles. The van der Waals surface area contributed by atoms with Crippen LogP contribution in [0.15, 0.2) is 47.8 Å². The van der Waals surface area contributed by atoms with Gasteiger partial charge in [-0.1, -0.05) is 30.3 Å². The fraction of sp³-hybridized carbons (Fsp3) is 0.278. The van der Waals surface area contributed by atoms with Crippen LogP contribution < -0.4 is 5.32 Å². The second-order valence-electron chi connectivity index (χ2n) is 6.34. The summed E-state index contributed by atoms with van der Waals surface area (Å²) < 4.78 is 26.3. The molecule has 4 rings (SSSR count). The summed E-state index contributed by atoms with van der Waals surface area (Å²) in [5.41, 5.74) is 2.72. The van der Waals surface area contributed by atoms with Crippen LogP contribution in [0.4, 0.5) is 0 Å². The lowest BCUT2D eigenvalue weighted by Crippen LogP contribution is -2.36. The third-order valence-electron chi connectivity index (χ3n) is 4.51. The van der Waals surface area contributed by atoms with Crippen LogP contribution in [0.3, 0.4) is 0 Å². The summed E-state index contributed by atoms with van der Waals surface area (Å²) in [6, 6.07) is 13.6. The Morgan fingerprint density at radius 3 is 2.76 bits per heavy atom. The van der Waals surface area contributed by atoms with Crippen molar-refractivity contribution in [2.24, 2.45) is 0 Å². The molecule has 0 aliphatic carbocycles. The molecule has 1 aliphatic heterocycles. The maximum atomic E-state index is 12.8. The Kier molecular flexibility index (Phi) is 4.13. The number of carbonyl (C=O) groups is 1. The van der Waals surface area contributed by atoms with Crippen LogP contribution in [0, 0.1) is 0 Å². The van der Waals surface area contributed by atoms with E-state index in [0.717, 1.165) is 15.8 Å². The van der Waals surface area contributed by atoms with Crippen molar-refractivity contribution in [2.45, 2.75) is 19.0 Å². The Morgan fingerprint density at radius 1 is 1.24 bits per heavy atom. The molecule has 3 aromatic rings. The van der Waals surface area contributed by atoms with Gasteiger partial charge in [0.15, 0.2) is 9.84 Å². The highest BCUT2D eigenvalue weighted by molar-refractivity contribution is 7.91. The molecule has 0 spiro atoms. The van der Waals surface area contributed by atoms with Crippen molar-refractivity contribution in [1.82, 2.24) is 9.88 Å². The lowest BCUT2D eigenvalue weighted by Gasteiger charge is -2.14. The molecular formula is C18H18N2O3S2. The van der Waals surface area contributed by atoms with Gasteiger partial charge in [-0.3, -0.25) is 4.79 Å². The Labute approximate surface area is 150 Å². The van der Waals surface area contributed by atoms with E-state index in [4.69, 9.17) is 0 Å². The van der Waals surface area contributed by atoms with Crippen LogP contribution in [0.2, 0.25) is 0 Å². The van der Waals surface area contributed by atoms with E-state index < -0.39 is 9.84 Å². The number of hydrogen-bond acceptors (Lipinski definition) is 4. The maximum absolute atomic E-state index is 12.8. The van der Waals surface area contributed by atoms with E-state index in [9.17, 15) is 13.2 Å². The fourth-order valence-corrected chi connectivity index (χ4v) is 5.77. The zero-order chi connectivity index (χ0) is 17.4. The molecule has 1 amide bonds. The van der Waals surface area contributed by atoms with Crippen molar-refractivity contribution in [2.75, 3.05) is 11.5 Å². The van der Waals surface area contributed by atoms with Gasteiger partial charge in [-0.05, 0) is 29.5 Å². The highest BCUT2D eigenvalue weighted by atomic mass is 32.2. The third-order valence-corrected chi connectivity index (χ3v) is 7.13. The van der Waals surface area contributed by atoms with Crippen molar-refractivity contribution in [3.05, 3.63) is 59.1 Å². The van der Waals surface area contributed by atoms with E-state index in [0.29, 0.717) is 18.7 Å². The summed E-state index contributed by atoms with van der Waals surface area (Å²) in [5.74, 6) is -0.0219. The van der Waals surface area contributed by atoms with Gasteiger partial charge in [0.1, 0.15) is 5.69 Å². The summed E-state index contributed by atoms with van der Waals surface area (Å²) in [6.07, 6.45) is 0.488. The van der Waals surface area contributed by atoms with E-state index in [-0.39, 0.29) is 23.5 Å². The molecule has 130 valence electrons. The van der Waals surface area contributed by atoms with Crippen LogP contribution in [0.1, 0.15) is 22.5 Å². The minimum atomic E-state index is -3.02. The molecule has 1 aliphatic rings. The standard InChI is InChI=1S/C18H18N2O3S2/c21-18(19-14-7-9-25(22,23)12-14)16-10-17-15(6-8-24-17)20(16)11-13-4-2-1-3-5-13/h1-6,8,10,14H,7,9,11-12H2,(H,19,21)/t14-/m0/s1. The summed E-state index contributed by atoms with van der Waals surface area (Å²) in [5, 5.41) is 4.90. The SMILES string of the molecule is O=C(N[C@H]1CCS(=O)(=O)C1)c1cc2sccc2n1Cc1ccccc1. The second kappa shape index (κ2) is 6.31. The summed E-state index contributed by atoms with van der Waals surface area (Å²) >= 11 is 1.60. The topological polar surface area (TPSA) is 68.2 Å². The van der Waals surface area contributed by atoms with Crippen molar-refractivity contribution in [3.63, 3.8) is 0 Å². The van der Waals surface area contributed by atoms with Gasteiger partial charge in [-0.15, -0.1) is 11.3 Å². The molecule has 5 nitrogen and oxygen atoms in total. The van der Waals surface area contributed by atoms with Gasteiger partial charge < -0.3 is 9.88 Å². The molecule has 25 heavy (non-hydrogen) atoms. The number of amides is 1. The maximum Gasteiger partial charge on any atom is 0.268 e. The summed E-state index contributed by atoms with van der Waals surface area (Å²) in [7, 11) is -3.02. The highest BCUT2D eigenvalue weighted by Crippen LogP contribution is 2.26. The molecule has 1 fully saturated rings. The molecule has 0 unspecified atom stereocenters. The quantitative estimate of drug-likeness (QED) is 0.763. The smallest absolute Gasteiger partial charge is 0.268 e. The highest BCUT2D eigenvalue weighted by Gasteiger charge is 2.30. The Hall–Kier alpha value is -2.12. The first-order chi connectivity index (χ1) is 12.0. The molecule has 2 aromatic heterocycles. The molecule has 0 radical (unpaired) electrons. The zero-order valence-electron chi connectivity index (χ0n) is 13.5. The number of benzene rings is 1. The number of nitrogens with one attached hydrogen (secondary N) is 1.